The van der Waals surface area contributed by atoms with Crippen molar-refractivity contribution in [2.24, 2.45) is 0 Å². The number of nitrogens with one attached hydrogen (secondary N) is 1. The minimum atomic E-state index is 0.696. The second-order valence-corrected chi connectivity index (χ2v) is 5.67. The molecule has 1 N–H and O–H groups in total. The second kappa shape index (κ2) is 5.65. The number of fused-ring (bicyclic) bond motifs is 1. The number of methoxy groups -OCH3 is 1. The average Bonchev–Trinajstić information content (AvgIpc) is 3.16. The smallest absolute Gasteiger partial charge is 0.236 e. The Morgan fingerprint density at radius 2 is 1.83 bits per heavy atom. The molecule has 0 aliphatic rings. The summed E-state index contributed by atoms with van der Waals surface area (Å²) >= 11 is 1.44. The Kier molecular flexibility index (Phi) is 3.35. The number of rotatable bonds is 4. The molecule has 7 nitrogen and oxygen atoms in total. The number of aromatic nitrogens is 5. The highest BCUT2D eigenvalue weighted by Gasteiger charge is 2.13. The van der Waals surface area contributed by atoms with Crippen molar-refractivity contribution in [3.8, 4) is 17.1 Å². The Balaban J connectivity index is 1.65. The number of benzene rings is 1. The van der Waals surface area contributed by atoms with Crippen LogP contribution in [0.1, 0.15) is 0 Å². The third-order valence-electron chi connectivity index (χ3n) is 3.27. The maximum atomic E-state index is 5.15. The number of pyridine rings is 1. The summed E-state index contributed by atoms with van der Waals surface area (Å²) in [6.07, 6.45) is 3.44. The van der Waals surface area contributed by atoms with E-state index in [1.165, 1.54) is 11.3 Å². The van der Waals surface area contributed by atoms with Crippen LogP contribution in [-0.4, -0.2) is 31.9 Å². The summed E-state index contributed by atoms with van der Waals surface area (Å²) in [5.74, 6) is 1.51. The molecule has 0 unspecified atom stereocenters. The van der Waals surface area contributed by atoms with Gasteiger partial charge in [-0.3, -0.25) is 4.98 Å². The lowest BCUT2D eigenvalue weighted by Gasteiger charge is -2.03. The van der Waals surface area contributed by atoms with Gasteiger partial charge >= 0.3 is 0 Å². The maximum absolute atomic E-state index is 5.15. The molecule has 0 radical (unpaired) electrons. The van der Waals surface area contributed by atoms with Crippen molar-refractivity contribution in [3.63, 3.8) is 0 Å². The molecule has 0 spiro atoms. The summed E-state index contributed by atoms with van der Waals surface area (Å²) in [5, 5.41) is 16.9. The molecule has 0 amide bonds. The van der Waals surface area contributed by atoms with Crippen molar-refractivity contribution in [2.45, 2.75) is 0 Å². The van der Waals surface area contributed by atoms with Gasteiger partial charge in [0.2, 0.25) is 10.1 Å². The highest BCUT2D eigenvalue weighted by molar-refractivity contribution is 7.20. The van der Waals surface area contributed by atoms with E-state index in [2.05, 4.69) is 25.6 Å². The summed E-state index contributed by atoms with van der Waals surface area (Å²) in [4.78, 5) is 4.74. The fourth-order valence-corrected chi connectivity index (χ4v) is 2.91. The molecule has 4 aromatic rings. The van der Waals surface area contributed by atoms with Crippen molar-refractivity contribution in [3.05, 3.63) is 48.8 Å². The Bertz CT molecular complexity index is 932. The quantitative estimate of drug-likeness (QED) is 0.622. The van der Waals surface area contributed by atoms with Gasteiger partial charge in [-0.2, -0.15) is 4.52 Å². The van der Waals surface area contributed by atoms with Gasteiger partial charge in [-0.05, 0) is 36.4 Å². The lowest BCUT2D eigenvalue weighted by atomic mass is 10.2. The van der Waals surface area contributed by atoms with E-state index in [1.807, 2.05) is 36.4 Å². The normalized spacial score (nSPS) is 10.8. The maximum Gasteiger partial charge on any atom is 0.236 e. The van der Waals surface area contributed by atoms with Gasteiger partial charge in [0.05, 0.1) is 7.11 Å². The van der Waals surface area contributed by atoms with Crippen LogP contribution in [0, 0.1) is 0 Å². The van der Waals surface area contributed by atoms with Crippen LogP contribution in [-0.2, 0) is 0 Å². The molecule has 4 rings (SSSR count). The van der Waals surface area contributed by atoms with E-state index in [-0.39, 0.29) is 0 Å². The van der Waals surface area contributed by atoms with E-state index in [4.69, 9.17) is 4.74 Å². The van der Waals surface area contributed by atoms with Gasteiger partial charge in [-0.15, -0.1) is 15.3 Å². The number of hydrogen-bond donors (Lipinski definition) is 1. The first-order chi connectivity index (χ1) is 11.3. The van der Waals surface area contributed by atoms with E-state index in [9.17, 15) is 0 Å². The summed E-state index contributed by atoms with van der Waals surface area (Å²) in [6, 6.07) is 11.4. The first-order valence-corrected chi connectivity index (χ1v) is 7.69. The molecule has 23 heavy (non-hydrogen) atoms. The highest BCUT2D eigenvalue weighted by atomic mass is 32.1. The monoisotopic (exact) mass is 324 g/mol. The SMILES string of the molecule is COc1ccc(Nc2nn3c(-c4ccncc4)nnc3s2)cc1. The molecule has 0 aliphatic carbocycles. The Morgan fingerprint density at radius 3 is 2.57 bits per heavy atom. The first-order valence-electron chi connectivity index (χ1n) is 6.87. The standard InChI is InChI=1S/C15H12N6OS/c1-22-12-4-2-11(3-5-12)17-14-20-21-13(18-19-15(21)23-14)10-6-8-16-9-7-10/h2-9H,1H3,(H,17,20). The number of nitrogens with zero attached hydrogens (tertiary/aromatic N) is 5. The van der Waals surface area contributed by atoms with E-state index in [0.717, 1.165) is 27.1 Å². The molecule has 0 bridgehead atoms. The van der Waals surface area contributed by atoms with Crippen LogP contribution in [0.25, 0.3) is 16.3 Å². The fourth-order valence-electron chi connectivity index (χ4n) is 2.15. The largest absolute Gasteiger partial charge is 0.497 e. The molecule has 3 heterocycles. The van der Waals surface area contributed by atoms with Gasteiger partial charge in [0.15, 0.2) is 5.82 Å². The van der Waals surface area contributed by atoms with Gasteiger partial charge in [0.25, 0.3) is 0 Å². The Morgan fingerprint density at radius 1 is 1.04 bits per heavy atom. The van der Waals surface area contributed by atoms with E-state index < -0.39 is 0 Å². The van der Waals surface area contributed by atoms with Crippen LogP contribution in [0.5, 0.6) is 5.75 Å². The lowest BCUT2D eigenvalue weighted by Crippen LogP contribution is -1.94. The van der Waals surface area contributed by atoms with Crippen LogP contribution in [0.15, 0.2) is 48.8 Å². The predicted octanol–water partition coefficient (Wildman–Crippen LogP) is 3.00. The second-order valence-electron chi connectivity index (χ2n) is 4.71. The van der Waals surface area contributed by atoms with Crippen LogP contribution in [0.3, 0.4) is 0 Å². The molecule has 0 aliphatic heterocycles. The topological polar surface area (TPSA) is 77.2 Å². The Hall–Kier alpha value is -3.00. The summed E-state index contributed by atoms with van der Waals surface area (Å²) in [7, 11) is 1.64. The molecule has 0 fully saturated rings. The van der Waals surface area contributed by atoms with Crippen molar-refractivity contribution in [2.75, 3.05) is 12.4 Å². The molecular weight excluding hydrogens is 312 g/mol. The zero-order chi connectivity index (χ0) is 15.6. The Labute approximate surface area is 135 Å². The van der Waals surface area contributed by atoms with Gasteiger partial charge < -0.3 is 10.1 Å². The van der Waals surface area contributed by atoms with Crippen molar-refractivity contribution in [1.29, 1.82) is 0 Å². The molecule has 1 aromatic carbocycles. The number of anilines is 2. The van der Waals surface area contributed by atoms with Gasteiger partial charge in [0, 0.05) is 23.6 Å². The summed E-state index contributed by atoms with van der Waals surface area (Å²) in [6.45, 7) is 0. The van der Waals surface area contributed by atoms with Crippen LogP contribution in [0.4, 0.5) is 10.8 Å². The van der Waals surface area contributed by atoms with Crippen molar-refractivity contribution in [1.82, 2.24) is 24.8 Å². The van der Waals surface area contributed by atoms with E-state index >= 15 is 0 Å². The summed E-state index contributed by atoms with van der Waals surface area (Å²) in [5.41, 5.74) is 1.86. The minimum absolute atomic E-state index is 0.696. The predicted molar refractivity (Wildman–Crippen MR) is 88.2 cm³/mol. The lowest BCUT2D eigenvalue weighted by molar-refractivity contribution is 0.415. The zero-order valence-corrected chi connectivity index (χ0v) is 13.0. The average molecular weight is 324 g/mol. The summed E-state index contributed by atoms with van der Waals surface area (Å²) < 4.78 is 6.88. The van der Waals surface area contributed by atoms with E-state index in [0.29, 0.717) is 5.82 Å². The molecule has 0 atom stereocenters. The van der Waals surface area contributed by atoms with E-state index in [1.54, 1.807) is 24.0 Å². The van der Waals surface area contributed by atoms with Crippen LogP contribution < -0.4 is 10.1 Å². The van der Waals surface area contributed by atoms with Crippen molar-refractivity contribution < 1.29 is 4.74 Å². The van der Waals surface area contributed by atoms with Gasteiger partial charge in [-0.1, -0.05) is 11.3 Å². The van der Waals surface area contributed by atoms with Crippen LogP contribution in [0.2, 0.25) is 0 Å². The number of hydrogen-bond acceptors (Lipinski definition) is 7. The fraction of sp³-hybridized carbons (Fsp3) is 0.0667. The molecule has 8 heteroatoms. The third kappa shape index (κ3) is 2.59. The van der Waals surface area contributed by atoms with Crippen molar-refractivity contribution >= 4 is 27.1 Å². The minimum Gasteiger partial charge on any atom is -0.497 e. The van der Waals surface area contributed by atoms with Gasteiger partial charge in [0.1, 0.15) is 5.75 Å². The molecule has 114 valence electrons. The molecule has 3 aromatic heterocycles. The third-order valence-corrected chi connectivity index (χ3v) is 4.08. The van der Waals surface area contributed by atoms with Crippen LogP contribution >= 0.6 is 11.3 Å². The number of ether oxygens (including phenoxy) is 1. The molecule has 0 saturated carbocycles. The van der Waals surface area contributed by atoms with Gasteiger partial charge in [-0.25, -0.2) is 0 Å². The first kappa shape index (κ1) is 13.6. The molecular formula is C15H12N6OS. The molecule has 0 saturated heterocycles. The highest BCUT2D eigenvalue weighted by Crippen LogP contribution is 2.26. The zero-order valence-electron chi connectivity index (χ0n) is 12.2.